The molecule has 1 aliphatic rings. The Morgan fingerprint density at radius 2 is 1.33 bits per heavy atom. The number of benzene rings is 5. The number of hydrogen-bond acceptors (Lipinski definition) is 3. The molecule has 0 saturated carbocycles. The number of rotatable bonds is 3. The van der Waals surface area contributed by atoms with Crippen molar-refractivity contribution >= 4 is 44.3 Å². The predicted molar refractivity (Wildman–Crippen MR) is 139 cm³/mol. The SMILES string of the molecule is ClC1=NC(c2ccc3ccccc3c2)N=C(c2cc(-c3ccccc3)c3ccccc3c2)N1. The molecule has 158 valence electrons. The maximum Gasteiger partial charge on any atom is 0.199 e. The van der Waals surface area contributed by atoms with Crippen molar-refractivity contribution in [3.05, 3.63) is 120 Å². The third kappa shape index (κ3) is 3.77. The lowest BCUT2D eigenvalue weighted by molar-refractivity contribution is 0.761. The largest absolute Gasteiger partial charge is 0.315 e. The van der Waals surface area contributed by atoms with Crippen LogP contribution < -0.4 is 5.32 Å². The average molecular weight is 446 g/mol. The number of hydrogen-bond donors (Lipinski definition) is 1. The van der Waals surface area contributed by atoms with E-state index in [-0.39, 0.29) is 0 Å². The van der Waals surface area contributed by atoms with E-state index in [0.29, 0.717) is 5.29 Å². The summed E-state index contributed by atoms with van der Waals surface area (Å²) in [5.74, 6) is 0.719. The van der Waals surface area contributed by atoms with Crippen LogP contribution >= 0.6 is 11.6 Å². The number of amidine groups is 2. The van der Waals surface area contributed by atoms with E-state index in [0.717, 1.165) is 38.9 Å². The number of halogens is 1. The van der Waals surface area contributed by atoms with Crippen LogP contribution in [-0.2, 0) is 0 Å². The molecule has 1 heterocycles. The van der Waals surface area contributed by atoms with Crippen LogP contribution in [0.15, 0.2) is 119 Å². The molecule has 0 spiro atoms. The van der Waals surface area contributed by atoms with Gasteiger partial charge in [-0.05, 0) is 68.0 Å². The first-order valence-corrected chi connectivity index (χ1v) is 11.3. The van der Waals surface area contributed by atoms with Gasteiger partial charge in [-0.2, -0.15) is 0 Å². The molecular weight excluding hydrogens is 426 g/mol. The number of nitrogens with one attached hydrogen (secondary N) is 1. The molecule has 0 bridgehead atoms. The smallest absolute Gasteiger partial charge is 0.199 e. The van der Waals surface area contributed by atoms with Crippen LogP contribution in [0.3, 0.4) is 0 Å². The van der Waals surface area contributed by atoms with Gasteiger partial charge >= 0.3 is 0 Å². The highest BCUT2D eigenvalue weighted by atomic mass is 35.5. The van der Waals surface area contributed by atoms with E-state index >= 15 is 0 Å². The topological polar surface area (TPSA) is 36.8 Å². The van der Waals surface area contributed by atoms with Crippen molar-refractivity contribution in [2.45, 2.75) is 6.17 Å². The molecule has 0 aliphatic carbocycles. The molecule has 0 radical (unpaired) electrons. The quantitative estimate of drug-likeness (QED) is 0.290. The Morgan fingerprint density at radius 1 is 0.606 bits per heavy atom. The molecule has 0 aromatic heterocycles. The van der Waals surface area contributed by atoms with Crippen LogP contribution in [0, 0.1) is 0 Å². The minimum Gasteiger partial charge on any atom is -0.315 e. The lowest BCUT2D eigenvalue weighted by Crippen LogP contribution is -2.32. The van der Waals surface area contributed by atoms with Crippen molar-refractivity contribution in [3.63, 3.8) is 0 Å². The summed E-state index contributed by atoms with van der Waals surface area (Å²) in [4.78, 5) is 9.52. The van der Waals surface area contributed by atoms with Gasteiger partial charge in [-0.25, -0.2) is 9.98 Å². The maximum absolute atomic E-state index is 6.46. The molecule has 0 amide bonds. The fraction of sp³-hybridized carbons (Fsp3) is 0.0345. The Morgan fingerprint density at radius 3 is 2.18 bits per heavy atom. The summed E-state index contributed by atoms with van der Waals surface area (Å²) in [7, 11) is 0. The monoisotopic (exact) mass is 445 g/mol. The second-order valence-corrected chi connectivity index (χ2v) is 8.47. The Hall–Kier alpha value is -3.95. The fourth-order valence-electron chi connectivity index (χ4n) is 4.39. The van der Waals surface area contributed by atoms with E-state index in [4.69, 9.17) is 16.6 Å². The van der Waals surface area contributed by atoms with E-state index in [1.807, 2.05) is 18.2 Å². The molecule has 1 N–H and O–H groups in total. The number of aliphatic imine (C=N–C) groups is 2. The van der Waals surface area contributed by atoms with Gasteiger partial charge in [0.1, 0.15) is 5.84 Å². The van der Waals surface area contributed by atoms with Gasteiger partial charge in [-0.3, -0.25) is 0 Å². The minimum absolute atomic E-state index is 0.340. The molecule has 0 fully saturated rings. The highest BCUT2D eigenvalue weighted by molar-refractivity contribution is 6.66. The Labute approximate surface area is 197 Å². The van der Waals surface area contributed by atoms with Gasteiger partial charge < -0.3 is 5.32 Å². The first-order chi connectivity index (χ1) is 16.2. The summed E-state index contributed by atoms with van der Waals surface area (Å²) in [6, 6.07) is 37.8. The standard InChI is InChI=1S/C29H20ClN3/c30-29-32-27(23-15-14-19-8-4-5-11-21(19)16-23)31-28(33-29)24-17-22-12-6-7-13-25(22)26(18-24)20-9-2-1-3-10-20/h1-18,27H,(H,31,32,33). The van der Waals surface area contributed by atoms with Gasteiger partial charge in [-0.1, -0.05) is 91.0 Å². The highest BCUT2D eigenvalue weighted by Crippen LogP contribution is 2.32. The van der Waals surface area contributed by atoms with Crippen LogP contribution in [0.25, 0.3) is 32.7 Å². The van der Waals surface area contributed by atoms with Crippen molar-refractivity contribution in [2.75, 3.05) is 0 Å². The van der Waals surface area contributed by atoms with Gasteiger partial charge in [0, 0.05) is 5.56 Å². The van der Waals surface area contributed by atoms with Crippen LogP contribution in [0.4, 0.5) is 0 Å². The summed E-state index contributed by atoms with van der Waals surface area (Å²) >= 11 is 6.46. The lowest BCUT2D eigenvalue weighted by atomic mass is 9.95. The summed E-state index contributed by atoms with van der Waals surface area (Å²) in [5.41, 5.74) is 4.31. The molecule has 4 heteroatoms. The zero-order valence-corrected chi connectivity index (χ0v) is 18.5. The number of nitrogens with zero attached hydrogens (tertiary/aromatic N) is 2. The van der Waals surface area contributed by atoms with E-state index < -0.39 is 6.17 Å². The zero-order chi connectivity index (χ0) is 22.2. The van der Waals surface area contributed by atoms with Crippen molar-refractivity contribution < 1.29 is 0 Å². The van der Waals surface area contributed by atoms with Crippen molar-refractivity contribution in [3.8, 4) is 11.1 Å². The Balaban J connectivity index is 1.48. The summed E-state index contributed by atoms with van der Waals surface area (Å²) in [5, 5.41) is 8.23. The van der Waals surface area contributed by atoms with E-state index in [9.17, 15) is 0 Å². The van der Waals surface area contributed by atoms with E-state index in [2.05, 4.69) is 101 Å². The second kappa shape index (κ2) is 8.19. The Bertz CT molecular complexity index is 1550. The van der Waals surface area contributed by atoms with Crippen molar-refractivity contribution in [1.82, 2.24) is 5.32 Å². The third-order valence-corrected chi connectivity index (χ3v) is 6.19. The molecular formula is C29H20ClN3. The van der Waals surface area contributed by atoms with E-state index in [1.165, 1.54) is 10.8 Å². The van der Waals surface area contributed by atoms with Crippen molar-refractivity contribution in [1.29, 1.82) is 0 Å². The first-order valence-electron chi connectivity index (χ1n) is 10.9. The number of fused-ring (bicyclic) bond motifs is 2. The molecule has 0 saturated heterocycles. The van der Waals surface area contributed by atoms with Gasteiger partial charge in [0.25, 0.3) is 0 Å². The van der Waals surface area contributed by atoms with Crippen molar-refractivity contribution in [2.24, 2.45) is 9.98 Å². The average Bonchev–Trinajstić information content (AvgIpc) is 2.88. The molecule has 1 aliphatic heterocycles. The first kappa shape index (κ1) is 19.7. The maximum atomic E-state index is 6.46. The van der Waals surface area contributed by atoms with Crippen LogP contribution in [-0.4, -0.2) is 11.1 Å². The van der Waals surface area contributed by atoms with Gasteiger partial charge in [0.2, 0.25) is 0 Å². The minimum atomic E-state index is -0.398. The normalized spacial score (nSPS) is 15.7. The van der Waals surface area contributed by atoms with Gasteiger partial charge in [0.15, 0.2) is 11.5 Å². The second-order valence-electron chi connectivity index (χ2n) is 8.11. The molecule has 1 atom stereocenters. The van der Waals surface area contributed by atoms with Crippen LogP contribution in [0.5, 0.6) is 0 Å². The summed E-state index contributed by atoms with van der Waals surface area (Å²) < 4.78 is 0. The molecule has 1 unspecified atom stereocenters. The fourth-order valence-corrected chi connectivity index (χ4v) is 4.57. The molecule has 3 nitrogen and oxygen atoms in total. The van der Waals surface area contributed by atoms with Gasteiger partial charge in [0.05, 0.1) is 0 Å². The van der Waals surface area contributed by atoms with Crippen LogP contribution in [0.2, 0.25) is 0 Å². The third-order valence-electron chi connectivity index (χ3n) is 6.00. The molecule has 5 aromatic rings. The molecule has 33 heavy (non-hydrogen) atoms. The Kier molecular flexibility index (Phi) is 4.89. The molecule has 5 aromatic carbocycles. The molecule has 6 rings (SSSR count). The van der Waals surface area contributed by atoms with Crippen LogP contribution in [0.1, 0.15) is 17.3 Å². The summed E-state index contributed by atoms with van der Waals surface area (Å²) in [6.07, 6.45) is -0.398. The lowest BCUT2D eigenvalue weighted by Gasteiger charge is -2.20. The summed E-state index contributed by atoms with van der Waals surface area (Å²) in [6.45, 7) is 0. The predicted octanol–water partition coefficient (Wildman–Crippen LogP) is 7.30. The van der Waals surface area contributed by atoms with E-state index in [1.54, 1.807) is 0 Å². The zero-order valence-electron chi connectivity index (χ0n) is 17.7. The highest BCUT2D eigenvalue weighted by Gasteiger charge is 2.20. The van der Waals surface area contributed by atoms with Gasteiger partial charge in [-0.15, -0.1) is 0 Å².